The number of carbonyl (C=O) groups excluding carboxylic acids is 1. The van der Waals surface area contributed by atoms with Gasteiger partial charge in [-0.1, -0.05) is 0 Å². The molecule has 3 heterocycles. The SMILES string of the molecule is O=C(NCc1nnc(-c2cccnc2)o1)c1ccc2c(c1)OCO2. The summed E-state index contributed by atoms with van der Waals surface area (Å²) in [6, 6.07) is 8.59. The Labute approximate surface area is 136 Å². The number of fused-ring (bicyclic) bond motifs is 1. The molecule has 8 heteroatoms. The van der Waals surface area contributed by atoms with Crippen molar-refractivity contribution in [1.82, 2.24) is 20.5 Å². The topological polar surface area (TPSA) is 99.4 Å². The molecule has 2 aromatic heterocycles. The van der Waals surface area contributed by atoms with Crippen molar-refractivity contribution >= 4 is 5.91 Å². The number of benzene rings is 1. The molecule has 1 aliphatic heterocycles. The molecule has 8 nitrogen and oxygen atoms in total. The average molecular weight is 324 g/mol. The van der Waals surface area contributed by atoms with Gasteiger partial charge in [0.2, 0.25) is 18.6 Å². The fraction of sp³-hybridized carbons (Fsp3) is 0.125. The first-order valence-corrected chi connectivity index (χ1v) is 7.20. The summed E-state index contributed by atoms with van der Waals surface area (Å²) in [7, 11) is 0. The highest BCUT2D eigenvalue weighted by molar-refractivity contribution is 5.94. The number of amides is 1. The van der Waals surface area contributed by atoms with Gasteiger partial charge in [0.1, 0.15) is 0 Å². The second-order valence-electron chi connectivity index (χ2n) is 4.99. The zero-order valence-corrected chi connectivity index (χ0v) is 12.4. The molecule has 0 spiro atoms. The maximum atomic E-state index is 12.2. The maximum absolute atomic E-state index is 12.2. The molecule has 120 valence electrons. The minimum Gasteiger partial charge on any atom is -0.454 e. The van der Waals surface area contributed by atoms with Crippen LogP contribution in [0.25, 0.3) is 11.5 Å². The molecule has 1 aromatic carbocycles. The molecule has 4 rings (SSSR count). The maximum Gasteiger partial charge on any atom is 0.251 e. The first-order chi connectivity index (χ1) is 11.8. The Bertz CT molecular complexity index is 879. The van der Waals surface area contributed by atoms with Crippen LogP contribution in [0.1, 0.15) is 16.2 Å². The van der Waals surface area contributed by atoms with E-state index in [2.05, 4.69) is 20.5 Å². The van der Waals surface area contributed by atoms with Crippen LogP contribution < -0.4 is 14.8 Å². The Morgan fingerprint density at radius 3 is 2.96 bits per heavy atom. The summed E-state index contributed by atoms with van der Waals surface area (Å²) >= 11 is 0. The first kappa shape index (κ1) is 14.2. The van der Waals surface area contributed by atoms with Gasteiger partial charge in [-0.05, 0) is 30.3 Å². The van der Waals surface area contributed by atoms with Crippen molar-refractivity contribution in [2.45, 2.75) is 6.54 Å². The standard InChI is InChI=1S/C16H12N4O4/c21-15(10-3-4-12-13(6-10)23-9-22-12)18-8-14-19-20-16(24-14)11-2-1-5-17-7-11/h1-7H,8-9H2,(H,18,21). The van der Waals surface area contributed by atoms with Gasteiger partial charge in [0.25, 0.3) is 5.91 Å². The monoisotopic (exact) mass is 324 g/mol. The average Bonchev–Trinajstić information content (AvgIpc) is 3.29. The molecule has 0 radical (unpaired) electrons. The highest BCUT2D eigenvalue weighted by Crippen LogP contribution is 2.32. The van der Waals surface area contributed by atoms with Crippen LogP contribution in [0, 0.1) is 0 Å². The van der Waals surface area contributed by atoms with Crippen LogP contribution in [-0.2, 0) is 6.54 Å². The fourth-order valence-corrected chi connectivity index (χ4v) is 2.23. The number of rotatable bonds is 4. The lowest BCUT2D eigenvalue weighted by atomic mass is 10.2. The van der Waals surface area contributed by atoms with E-state index in [9.17, 15) is 4.79 Å². The Balaban J connectivity index is 1.42. The van der Waals surface area contributed by atoms with Gasteiger partial charge in [0, 0.05) is 18.0 Å². The third kappa shape index (κ3) is 2.76. The van der Waals surface area contributed by atoms with Crippen molar-refractivity contribution in [1.29, 1.82) is 0 Å². The smallest absolute Gasteiger partial charge is 0.251 e. The zero-order chi connectivity index (χ0) is 16.4. The van der Waals surface area contributed by atoms with Crippen molar-refractivity contribution in [3.8, 4) is 23.0 Å². The van der Waals surface area contributed by atoms with E-state index in [4.69, 9.17) is 13.9 Å². The number of carbonyl (C=O) groups is 1. The molecule has 24 heavy (non-hydrogen) atoms. The van der Waals surface area contributed by atoms with Gasteiger partial charge in [-0.3, -0.25) is 9.78 Å². The van der Waals surface area contributed by atoms with E-state index in [1.807, 2.05) is 6.07 Å². The summed E-state index contributed by atoms with van der Waals surface area (Å²) in [6.45, 7) is 0.292. The van der Waals surface area contributed by atoms with E-state index in [-0.39, 0.29) is 19.2 Å². The van der Waals surface area contributed by atoms with Gasteiger partial charge >= 0.3 is 0 Å². The van der Waals surface area contributed by atoms with Gasteiger partial charge in [-0.15, -0.1) is 10.2 Å². The number of aromatic nitrogens is 3. The van der Waals surface area contributed by atoms with Gasteiger partial charge < -0.3 is 19.2 Å². The molecule has 1 N–H and O–H groups in total. The van der Waals surface area contributed by atoms with Crippen LogP contribution in [0.2, 0.25) is 0 Å². The molecular formula is C16H12N4O4. The number of ether oxygens (including phenoxy) is 2. The third-order valence-corrected chi connectivity index (χ3v) is 3.41. The van der Waals surface area contributed by atoms with Gasteiger partial charge in [-0.25, -0.2) is 0 Å². The second-order valence-corrected chi connectivity index (χ2v) is 4.99. The lowest BCUT2D eigenvalue weighted by molar-refractivity contribution is 0.0947. The van der Waals surface area contributed by atoms with Crippen LogP contribution in [-0.4, -0.2) is 27.9 Å². The van der Waals surface area contributed by atoms with E-state index >= 15 is 0 Å². The highest BCUT2D eigenvalue weighted by Gasteiger charge is 2.16. The summed E-state index contributed by atoms with van der Waals surface area (Å²) in [5, 5.41) is 10.6. The quantitative estimate of drug-likeness (QED) is 0.781. The summed E-state index contributed by atoms with van der Waals surface area (Å²) in [4.78, 5) is 16.2. The number of hydrogen-bond donors (Lipinski definition) is 1. The first-order valence-electron chi connectivity index (χ1n) is 7.20. The van der Waals surface area contributed by atoms with Crippen molar-refractivity contribution < 1.29 is 18.7 Å². The zero-order valence-electron chi connectivity index (χ0n) is 12.4. The molecule has 0 aliphatic carbocycles. The molecule has 0 saturated carbocycles. The Morgan fingerprint density at radius 2 is 2.08 bits per heavy atom. The molecule has 0 unspecified atom stereocenters. The molecule has 0 bridgehead atoms. The minimum absolute atomic E-state index is 0.126. The van der Waals surface area contributed by atoms with Gasteiger partial charge in [0.05, 0.1) is 12.1 Å². The van der Waals surface area contributed by atoms with E-state index in [0.29, 0.717) is 28.8 Å². The minimum atomic E-state index is -0.269. The summed E-state index contributed by atoms with van der Waals surface area (Å²) in [5.74, 6) is 1.58. The van der Waals surface area contributed by atoms with Crippen molar-refractivity contribution in [3.63, 3.8) is 0 Å². The van der Waals surface area contributed by atoms with Crippen LogP contribution in [0.4, 0.5) is 0 Å². The summed E-state index contributed by atoms with van der Waals surface area (Å²) in [5.41, 5.74) is 1.18. The molecule has 0 atom stereocenters. The highest BCUT2D eigenvalue weighted by atomic mass is 16.7. The molecule has 1 amide bonds. The Morgan fingerprint density at radius 1 is 1.17 bits per heavy atom. The van der Waals surface area contributed by atoms with Crippen LogP contribution in [0.15, 0.2) is 47.1 Å². The lowest BCUT2D eigenvalue weighted by Crippen LogP contribution is -2.22. The predicted molar refractivity (Wildman–Crippen MR) is 81.3 cm³/mol. The van der Waals surface area contributed by atoms with E-state index in [1.165, 1.54) is 0 Å². The Hall–Kier alpha value is -3.42. The number of nitrogens with one attached hydrogen (secondary N) is 1. The summed E-state index contributed by atoms with van der Waals surface area (Å²) in [6.07, 6.45) is 3.29. The summed E-state index contributed by atoms with van der Waals surface area (Å²) < 4.78 is 16.0. The normalized spacial score (nSPS) is 12.2. The number of pyridine rings is 1. The van der Waals surface area contributed by atoms with E-state index < -0.39 is 0 Å². The molecule has 0 fully saturated rings. The third-order valence-electron chi connectivity index (χ3n) is 3.41. The second kappa shape index (κ2) is 5.99. The van der Waals surface area contributed by atoms with Crippen LogP contribution in [0.5, 0.6) is 11.5 Å². The molecule has 1 aliphatic rings. The fourth-order valence-electron chi connectivity index (χ4n) is 2.23. The van der Waals surface area contributed by atoms with Crippen molar-refractivity contribution in [3.05, 3.63) is 54.2 Å². The predicted octanol–water partition coefficient (Wildman–Crippen LogP) is 1.79. The number of hydrogen-bond acceptors (Lipinski definition) is 7. The molecule has 0 saturated heterocycles. The van der Waals surface area contributed by atoms with Crippen molar-refractivity contribution in [2.75, 3.05) is 6.79 Å². The Kier molecular flexibility index (Phi) is 3.54. The number of nitrogens with zero attached hydrogens (tertiary/aromatic N) is 3. The van der Waals surface area contributed by atoms with E-state index in [0.717, 1.165) is 5.56 Å². The van der Waals surface area contributed by atoms with Crippen LogP contribution in [0.3, 0.4) is 0 Å². The van der Waals surface area contributed by atoms with E-state index in [1.54, 1.807) is 36.7 Å². The van der Waals surface area contributed by atoms with Gasteiger partial charge in [0.15, 0.2) is 11.5 Å². The molecular weight excluding hydrogens is 312 g/mol. The van der Waals surface area contributed by atoms with Crippen molar-refractivity contribution in [2.24, 2.45) is 0 Å². The van der Waals surface area contributed by atoms with Crippen LogP contribution >= 0.6 is 0 Å². The molecule has 3 aromatic rings. The largest absolute Gasteiger partial charge is 0.454 e. The lowest BCUT2D eigenvalue weighted by Gasteiger charge is -2.03. The van der Waals surface area contributed by atoms with Gasteiger partial charge in [-0.2, -0.15) is 0 Å².